The SMILES string of the molecule is CCC(C)N(C(=O)C(CC(N)=O)NC(=O)OC(C)(C)C)C(C(=O)NC(Cc1ccccc1)C(=O)OC(C)(C)C)c1cccc(C)c1C. The van der Waals surface area contributed by atoms with Crippen molar-refractivity contribution in [3.63, 3.8) is 0 Å². The number of carbonyl (C=O) groups is 5. The number of carbonyl (C=O) groups excluding carboxylic acids is 5. The highest BCUT2D eigenvalue weighted by atomic mass is 16.6. The van der Waals surface area contributed by atoms with Crippen LogP contribution in [-0.2, 0) is 35.1 Å². The molecule has 0 aliphatic rings. The van der Waals surface area contributed by atoms with E-state index in [-0.39, 0.29) is 6.42 Å². The van der Waals surface area contributed by atoms with Gasteiger partial charge in [-0.25, -0.2) is 9.59 Å². The Kier molecular flexibility index (Phi) is 13.5. The second-order valence-electron chi connectivity index (χ2n) is 13.8. The number of nitrogens with zero attached hydrogens (tertiary/aromatic N) is 1. The van der Waals surface area contributed by atoms with E-state index in [1.807, 2.05) is 57.2 Å². The Morgan fingerprint density at radius 1 is 0.830 bits per heavy atom. The van der Waals surface area contributed by atoms with Gasteiger partial charge < -0.3 is 30.7 Å². The van der Waals surface area contributed by atoms with E-state index >= 15 is 0 Å². The summed E-state index contributed by atoms with van der Waals surface area (Å²) in [4.78, 5) is 68.9. The van der Waals surface area contributed by atoms with Crippen LogP contribution in [-0.4, -0.2) is 64.0 Å². The number of aryl methyl sites for hydroxylation is 1. The Morgan fingerprint density at radius 3 is 1.96 bits per heavy atom. The Balaban J connectivity index is 2.70. The standard InChI is InChI=1S/C36H52N4O7/c1-11-23(3)40(32(43)27(21-29(37)41)39-34(45)47-36(8,9)10)30(26-19-15-16-22(2)24(26)4)31(42)38-28(33(44)46-35(5,6)7)20-25-17-13-12-14-18-25/h12-19,23,27-28,30H,11,20-21H2,1-10H3,(H2,37,41)(H,38,42)(H,39,45). The Labute approximate surface area is 278 Å². The molecule has 0 aliphatic carbocycles. The van der Waals surface area contributed by atoms with E-state index in [0.717, 1.165) is 16.7 Å². The first-order chi connectivity index (χ1) is 21.7. The molecule has 0 aliphatic heterocycles. The fourth-order valence-electron chi connectivity index (χ4n) is 4.98. The predicted octanol–water partition coefficient (Wildman–Crippen LogP) is 4.81. The van der Waals surface area contributed by atoms with Crippen molar-refractivity contribution in [2.24, 2.45) is 5.73 Å². The zero-order chi connectivity index (χ0) is 35.7. The van der Waals surface area contributed by atoms with E-state index in [2.05, 4.69) is 10.6 Å². The van der Waals surface area contributed by atoms with E-state index < -0.39 is 71.6 Å². The largest absolute Gasteiger partial charge is 0.458 e. The molecule has 47 heavy (non-hydrogen) atoms. The van der Waals surface area contributed by atoms with Crippen LogP contribution in [0.3, 0.4) is 0 Å². The van der Waals surface area contributed by atoms with Crippen LogP contribution in [0.1, 0.15) is 96.5 Å². The van der Waals surface area contributed by atoms with Gasteiger partial charge in [-0.2, -0.15) is 0 Å². The Bertz CT molecular complexity index is 1410. The van der Waals surface area contributed by atoms with Crippen LogP contribution in [0, 0.1) is 13.8 Å². The maximum Gasteiger partial charge on any atom is 0.408 e. The fourth-order valence-corrected chi connectivity index (χ4v) is 4.98. The quantitative estimate of drug-likeness (QED) is 0.262. The first kappa shape index (κ1) is 38.8. The molecule has 4 amide bonds. The van der Waals surface area contributed by atoms with Crippen molar-refractivity contribution in [3.05, 3.63) is 70.8 Å². The molecule has 0 heterocycles. The molecule has 4 unspecified atom stereocenters. The number of nitrogens with one attached hydrogen (secondary N) is 2. The zero-order valence-corrected chi connectivity index (χ0v) is 29.4. The summed E-state index contributed by atoms with van der Waals surface area (Å²) in [7, 11) is 0. The van der Waals surface area contributed by atoms with Crippen LogP contribution in [0.5, 0.6) is 0 Å². The minimum atomic E-state index is -1.43. The highest BCUT2D eigenvalue weighted by molar-refractivity contribution is 5.96. The summed E-state index contributed by atoms with van der Waals surface area (Å²) in [6.45, 7) is 17.6. The highest BCUT2D eigenvalue weighted by Crippen LogP contribution is 2.30. The molecule has 0 saturated carbocycles. The van der Waals surface area contributed by atoms with Crippen LogP contribution in [0.25, 0.3) is 0 Å². The first-order valence-electron chi connectivity index (χ1n) is 16.0. The number of esters is 1. The van der Waals surface area contributed by atoms with E-state index in [1.165, 1.54) is 4.90 Å². The molecule has 4 N–H and O–H groups in total. The summed E-state index contributed by atoms with van der Waals surface area (Å²) in [5.74, 6) is -2.80. The molecule has 2 aromatic carbocycles. The molecule has 0 spiro atoms. The van der Waals surface area contributed by atoms with Crippen molar-refractivity contribution in [2.45, 2.75) is 124 Å². The summed E-state index contributed by atoms with van der Waals surface area (Å²) < 4.78 is 11.1. The average Bonchev–Trinajstić information content (AvgIpc) is 2.94. The van der Waals surface area contributed by atoms with Crippen molar-refractivity contribution in [1.29, 1.82) is 0 Å². The smallest absolute Gasteiger partial charge is 0.408 e. The molecule has 0 radical (unpaired) electrons. The number of ether oxygens (including phenoxy) is 2. The number of nitrogens with two attached hydrogens (primary N) is 1. The molecular formula is C36H52N4O7. The lowest BCUT2D eigenvalue weighted by Gasteiger charge is -2.39. The summed E-state index contributed by atoms with van der Waals surface area (Å²) in [5, 5.41) is 5.38. The maximum absolute atomic E-state index is 14.6. The molecule has 0 aromatic heterocycles. The molecular weight excluding hydrogens is 600 g/mol. The van der Waals surface area contributed by atoms with E-state index in [1.54, 1.807) is 60.6 Å². The van der Waals surface area contributed by atoms with Crippen molar-refractivity contribution >= 4 is 29.8 Å². The number of primary amides is 1. The lowest BCUT2D eigenvalue weighted by Crippen LogP contribution is -2.57. The van der Waals surface area contributed by atoms with Gasteiger partial charge in [0, 0.05) is 12.5 Å². The number of hydrogen-bond donors (Lipinski definition) is 3. The van der Waals surface area contributed by atoms with Gasteiger partial charge in [0.2, 0.25) is 17.7 Å². The molecule has 0 saturated heterocycles. The van der Waals surface area contributed by atoms with Gasteiger partial charge in [0.15, 0.2) is 0 Å². The summed E-state index contributed by atoms with van der Waals surface area (Å²) in [6, 6.07) is 10.3. The van der Waals surface area contributed by atoms with Crippen LogP contribution >= 0.6 is 0 Å². The van der Waals surface area contributed by atoms with Gasteiger partial charge in [-0.15, -0.1) is 0 Å². The Morgan fingerprint density at radius 2 is 1.43 bits per heavy atom. The van der Waals surface area contributed by atoms with Crippen LogP contribution in [0.15, 0.2) is 48.5 Å². The van der Waals surface area contributed by atoms with Crippen LogP contribution in [0.2, 0.25) is 0 Å². The molecule has 4 atom stereocenters. The normalized spacial score (nSPS) is 14.2. The highest BCUT2D eigenvalue weighted by Gasteiger charge is 2.41. The number of amides is 4. The monoisotopic (exact) mass is 652 g/mol. The fraction of sp³-hybridized carbons (Fsp3) is 0.528. The topological polar surface area (TPSA) is 157 Å². The van der Waals surface area contributed by atoms with Gasteiger partial charge in [-0.3, -0.25) is 14.4 Å². The molecule has 258 valence electrons. The van der Waals surface area contributed by atoms with Gasteiger partial charge in [0.05, 0.1) is 6.42 Å². The van der Waals surface area contributed by atoms with Gasteiger partial charge in [-0.1, -0.05) is 55.5 Å². The van der Waals surface area contributed by atoms with Crippen LogP contribution < -0.4 is 16.4 Å². The minimum Gasteiger partial charge on any atom is -0.458 e. The van der Waals surface area contributed by atoms with E-state index in [0.29, 0.717) is 12.0 Å². The molecule has 0 bridgehead atoms. The van der Waals surface area contributed by atoms with Gasteiger partial charge in [0.1, 0.15) is 29.3 Å². The third-order valence-electron chi connectivity index (χ3n) is 7.47. The van der Waals surface area contributed by atoms with E-state index in [4.69, 9.17) is 15.2 Å². The van der Waals surface area contributed by atoms with Gasteiger partial charge in [0.25, 0.3) is 0 Å². The molecule has 2 rings (SSSR count). The maximum atomic E-state index is 14.6. The molecule has 0 fully saturated rings. The zero-order valence-electron chi connectivity index (χ0n) is 29.4. The van der Waals surface area contributed by atoms with Crippen LogP contribution in [0.4, 0.5) is 4.79 Å². The predicted molar refractivity (Wildman–Crippen MR) is 180 cm³/mol. The van der Waals surface area contributed by atoms with Crippen molar-refractivity contribution in [1.82, 2.24) is 15.5 Å². The lowest BCUT2D eigenvalue weighted by atomic mass is 9.93. The third kappa shape index (κ3) is 12.0. The summed E-state index contributed by atoms with van der Waals surface area (Å²) in [6.07, 6.45) is -0.874. The second kappa shape index (κ2) is 16.4. The summed E-state index contributed by atoms with van der Waals surface area (Å²) >= 11 is 0. The third-order valence-corrected chi connectivity index (χ3v) is 7.47. The number of alkyl carbamates (subject to hydrolysis) is 1. The van der Waals surface area contributed by atoms with Crippen molar-refractivity contribution in [2.75, 3.05) is 0 Å². The second-order valence-corrected chi connectivity index (χ2v) is 13.8. The van der Waals surface area contributed by atoms with Gasteiger partial charge >= 0.3 is 12.1 Å². The molecule has 11 heteroatoms. The first-order valence-corrected chi connectivity index (χ1v) is 16.0. The van der Waals surface area contributed by atoms with E-state index in [9.17, 15) is 24.0 Å². The number of rotatable bonds is 13. The molecule has 11 nitrogen and oxygen atoms in total. The number of benzene rings is 2. The van der Waals surface area contributed by atoms with Gasteiger partial charge in [-0.05, 0) is 91.0 Å². The van der Waals surface area contributed by atoms with Crippen molar-refractivity contribution in [3.8, 4) is 0 Å². The average molecular weight is 653 g/mol. The number of hydrogen-bond acceptors (Lipinski definition) is 7. The Hall–Kier alpha value is -4.41. The lowest BCUT2D eigenvalue weighted by molar-refractivity contribution is -0.159. The molecule has 2 aromatic rings. The van der Waals surface area contributed by atoms with Crippen molar-refractivity contribution < 1.29 is 33.4 Å². The minimum absolute atomic E-state index is 0.142. The summed E-state index contributed by atoms with van der Waals surface area (Å²) in [5.41, 5.74) is 6.78.